The lowest BCUT2D eigenvalue weighted by atomic mass is 9.98. The van der Waals surface area contributed by atoms with Gasteiger partial charge >= 0.3 is 6.09 Å². The van der Waals surface area contributed by atoms with Gasteiger partial charge in [-0.05, 0) is 53.2 Å². The van der Waals surface area contributed by atoms with Gasteiger partial charge < -0.3 is 35.3 Å². The van der Waals surface area contributed by atoms with Crippen molar-refractivity contribution in [1.82, 2.24) is 40.4 Å². The van der Waals surface area contributed by atoms with Crippen LogP contribution in [0.15, 0.2) is 54.7 Å². The number of aromatic nitrogens is 4. The highest BCUT2D eigenvalue weighted by atomic mass is 28.3. The summed E-state index contributed by atoms with van der Waals surface area (Å²) in [7, 11) is -0.372. The van der Waals surface area contributed by atoms with Crippen LogP contribution in [0, 0.1) is 17.7 Å². The zero-order valence-electron chi connectivity index (χ0n) is 34.6. The van der Waals surface area contributed by atoms with E-state index >= 15 is 4.39 Å². The Kier molecular flexibility index (Phi) is 12.0. The summed E-state index contributed by atoms with van der Waals surface area (Å²) in [4.78, 5) is 57.9. The summed E-state index contributed by atoms with van der Waals surface area (Å²) in [6.45, 7) is 12.5. The fraction of sp³-hybridized carbons (Fsp3) is 0.465. The summed E-state index contributed by atoms with van der Waals surface area (Å²) >= 11 is 0. The highest BCUT2D eigenvalue weighted by Crippen LogP contribution is 2.40. The minimum atomic E-state index is -1.59. The summed E-state index contributed by atoms with van der Waals surface area (Å²) in [5.74, 6) is -0.0613. The molecular weight excluding hydrogens is 775 g/mol. The molecule has 5 atom stereocenters. The maximum Gasteiger partial charge on any atom is 0.407 e. The number of halogens is 2. The molecule has 13 nitrogen and oxygen atoms in total. The van der Waals surface area contributed by atoms with Gasteiger partial charge in [0.2, 0.25) is 11.8 Å². The second kappa shape index (κ2) is 16.8. The van der Waals surface area contributed by atoms with Crippen LogP contribution in [0.3, 0.4) is 0 Å². The number of imidazole rings is 2. The van der Waals surface area contributed by atoms with Gasteiger partial charge in [0.25, 0.3) is 0 Å². The number of aliphatic hydroxyl groups excluding tert-OH is 1. The number of nitrogens with zero attached hydrogens (tertiary/aromatic N) is 4. The van der Waals surface area contributed by atoms with Gasteiger partial charge in [-0.15, -0.1) is 0 Å². The summed E-state index contributed by atoms with van der Waals surface area (Å²) in [6.07, 6.45) is 0.534. The normalized spacial score (nSPS) is 20.5. The molecule has 2 aliphatic rings. The second-order valence-corrected chi connectivity index (χ2v) is 22.5. The van der Waals surface area contributed by atoms with Crippen molar-refractivity contribution in [1.29, 1.82) is 0 Å². The van der Waals surface area contributed by atoms with Crippen molar-refractivity contribution in [3.63, 3.8) is 0 Å². The molecule has 0 spiro atoms. The molecule has 2 aliphatic heterocycles. The molecule has 5 N–H and O–H groups in total. The molecule has 5 aromatic rings. The molecule has 3 aromatic carbocycles. The monoisotopic (exact) mass is 828 g/mol. The Labute approximate surface area is 343 Å². The van der Waals surface area contributed by atoms with Crippen molar-refractivity contribution in [3.8, 4) is 22.4 Å². The average Bonchev–Trinajstić information content (AvgIpc) is 4.00. The van der Waals surface area contributed by atoms with Crippen LogP contribution in [0.2, 0.25) is 19.1 Å². The third-order valence-corrected chi connectivity index (χ3v) is 14.5. The molecule has 2 aromatic heterocycles. The summed E-state index contributed by atoms with van der Waals surface area (Å²) < 4.78 is 35.5. The van der Waals surface area contributed by atoms with Crippen LogP contribution >= 0.6 is 0 Å². The number of hydrogen-bond donors (Lipinski definition) is 5. The Bertz CT molecular complexity index is 2360. The number of hydrogen-bond acceptors (Lipinski definition) is 8. The number of nitrogens with one attached hydrogen (secondary N) is 4. The standard InChI is InChI=1S/C43H54F2N8O5Si/c1-23(2)34(47-37(55)20-54)19-52-22-59(6,7)21-36(52)41-48-32-13-10-26-14-25(8-12-30(26)39(32)50-41)29-11-9-27(15-31(29)45)33-17-46-40(49-33)35-16-28(44)18-53(35)42(56)38(24(3)4)51-43(57)58-5/h8-15,17,23-24,28,34-36,38,54H,16,18-22H2,1-7H3,(H,46,49)(H,47,55)(H,48,50)(H,51,57)/t28?,34-,35+,36+,38+/m1/s1. The summed E-state index contributed by atoms with van der Waals surface area (Å²) in [6, 6.07) is 14.2. The van der Waals surface area contributed by atoms with E-state index in [1.165, 1.54) is 18.1 Å². The number of aliphatic hydroxyl groups is 1. The lowest BCUT2D eigenvalue weighted by Crippen LogP contribution is -2.51. The fourth-order valence-corrected chi connectivity index (χ4v) is 11.7. The largest absolute Gasteiger partial charge is 0.453 e. The Morgan fingerprint density at radius 2 is 1.75 bits per heavy atom. The van der Waals surface area contributed by atoms with E-state index in [2.05, 4.69) is 57.4 Å². The van der Waals surface area contributed by atoms with Crippen LogP contribution < -0.4 is 10.6 Å². The first-order chi connectivity index (χ1) is 28.0. The van der Waals surface area contributed by atoms with E-state index in [0.717, 1.165) is 39.8 Å². The molecule has 7 rings (SSSR count). The van der Waals surface area contributed by atoms with Crippen molar-refractivity contribution in [2.45, 2.75) is 83.6 Å². The molecule has 0 aliphatic carbocycles. The van der Waals surface area contributed by atoms with Crippen LogP contribution in [0.5, 0.6) is 0 Å². The molecular formula is C43H54F2N8O5Si. The van der Waals surface area contributed by atoms with Crippen molar-refractivity contribution in [2.75, 3.05) is 33.0 Å². The van der Waals surface area contributed by atoms with Gasteiger partial charge in [0.15, 0.2) is 0 Å². The lowest BCUT2D eigenvalue weighted by Gasteiger charge is -2.31. The smallest absolute Gasteiger partial charge is 0.407 e. The van der Waals surface area contributed by atoms with Crippen molar-refractivity contribution in [3.05, 3.63) is 72.2 Å². The molecule has 314 valence electrons. The van der Waals surface area contributed by atoms with Gasteiger partial charge in [-0.2, -0.15) is 0 Å². The number of carbonyl (C=O) groups excluding carboxylic acids is 3. The minimum Gasteiger partial charge on any atom is -0.453 e. The SMILES string of the molecule is COC(=O)N[C@H](C(=O)N1CC(F)C[C@H]1c1ncc(-c2ccc(-c3ccc4c(ccc5[nH]c([C@@H]6C[Si](C)(C)CN6C[C@@H](NC(=O)CO)C(C)C)nc54)c3)c(F)c2)[nH]1)C(C)C. The Balaban J connectivity index is 1.11. The maximum absolute atomic E-state index is 16.0. The zero-order chi connectivity index (χ0) is 42.3. The van der Waals surface area contributed by atoms with Gasteiger partial charge in [-0.3, -0.25) is 14.5 Å². The number of methoxy groups -OCH3 is 1. The van der Waals surface area contributed by atoms with E-state index in [9.17, 15) is 23.9 Å². The number of benzene rings is 3. The van der Waals surface area contributed by atoms with Crippen LogP contribution in [-0.2, 0) is 14.3 Å². The van der Waals surface area contributed by atoms with Crippen LogP contribution in [-0.4, -0.2) is 112 Å². The van der Waals surface area contributed by atoms with Gasteiger partial charge in [0.05, 0.1) is 56.7 Å². The number of carbonyl (C=O) groups is 3. The van der Waals surface area contributed by atoms with Gasteiger partial charge in [0.1, 0.15) is 36.3 Å². The third kappa shape index (κ3) is 8.75. The number of alkyl halides is 1. The maximum atomic E-state index is 16.0. The Hall–Kier alpha value is -5.19. The molecule has 1 unspecified atom stereocenters. The molecule has 2 saturated heterocycles. The topological polar surface area (TPSA) is 169 Å². The number of fused-ring (bicyclic) bond motifs is 3. The first-order valence-electron chi connectivity index (χ1n) is 20.3. The number of amides is 3. The van der Waals surface area contributed by atoms with E-state index < -0.39 is 50.8 Å². The number of H-pyrrole nitrogens is 2. The van der Waals surface area contributed by atoms with Crippen molar-refractivity contribution in [2.24, 2.45) is 11.8 Å². The Morgan fingerprint density at radius 3 is 2.44 bits per heavy atom. The van der Waals surface area contributed by atoms with E-state index in [1.54, 1.807) is 32.2 Å². The predicted molar refractivity (Wildman–Crippen MR) is 225 cm³/mol. The molecule has 59 heavy (non-hydrogen) atoms. The highest BCUT2D eigenvalue weighted by molar-refractivity contribution is 6.78. The highest BCUT2D eigenvalue weighted by Gasteiger charge is 2.43. The second-order valence-electron chi connectivity index (χ2n) is 17.5. The van der Waals surface area contributed by atoms with Crippen LogP contribution in [0.4, 0.5) is 13.6 Å². The van der Waals surface area contributed by atoms with Gasteiger partial charge in [0, 0.05) is 35.5 Å². The third-order valence-electron chi connectivity index (χ3n) is 11.8. The predicted octanol–water partition coefficient (Wildman–Crippen LogP) is 6.64. The van der Waals surface area contributed by atoms with Gasteiger partial charge in [-0.1, -0.05) is 71.1 Å². The van der Waals surface area contributed by atoms with Crippen molar-refractivity contribution >= 4 is 47.8 Å². The quantitative estimate of drug-likeness (QED) is 0.0873. The van der Waals surface area contributed by atoms with E-state index in [1.807, 2.05) is 30.3 Å². The number of alkyl carbamates (subject to hydrolysis) is 1. The number of rotatable bonds is 12. The number of ether oxygens (including phenoxy) is 1. The summed E-state index contributed by atoms with van der Waals surface area (Å²) in [5, 5.41) is 16.8. The molecule has 3 amide bonds. The number of likely N-dealkylation sites (tertiary alicyclic amines) is 1. The van der Waals surface area contributed by atoms with Crippen molar-refractivity contribution < 1.29 is 33.0 Å². The van der Waals surface area contributed by atoms with E-state index in [4.69, 9.17) is 9.72 Å². The zero-order valence-corrected chi connectivity index (χ0v) is 35.6. The lowest BCUT2D eigenvalue weighted by molar-refractivity contribution is -0.135. The van der Waals surface area contributed by atoms with E-state index in [0.29, 0.717) is 34.8 Å². The molecule has 4 heterocycles. The summed E-state index contributed by atoms with van der Waals surface area (Å²) in [5.41, 5.74) is 3.95. The van der Waals surface area contributed by atoms with E-state index in [-0.39, 0.29) is 42.8 Å². The molecule has 0 saturated carbocycles. The molecule has 16 heteroatoms. The molecule has 0 radical (unpaired) electrons. The molecule has 2 fully saturated rings. The number of aromatic amines is 2. The first kappa shape index (κ1) is 41.9. The minimum absolute atomic E-state index is 0.0351. The van der Waals surface area contributed by atoms with Crippen LogP contribution in [0.25, 0.3) is 44.2 Å². The fourth-order valence-electron chi connectivity index (χ4n) is 8.65. The first-order valence-corrected chi connectivity index (χ1v) is 23.7. The average molecular weight is 829 g/mol. The molecule has 0 bridgehead atoms. The van der Waals surface area contributed by atoms with Gasteiger partial charge in [-0.25, -0.2) is 23.5 Å². The Morgan fingerprint density at radius 1 is 0.983 bits per heavy atom. The van der Waals surface area contributed by atoms with Crippen LogP contribution in [0.1, 0.15) is 57.8 Å².